The van der Waals surface area contributed by atoms with Gasteiger partial charge < -0.3 is 42.7 Å². The number of amides is 4. The molecule has 0 saturated heterocycles. The highest BCUT2D eigenvalue weighted by molar-refractivity contribution is 7.98. The third-order valence-corrected chi connectivity index (χ3v) is 4.98. The third kappa shape index (κ3) is 12.1. The molecule has 0 aliphatic heterocycles. The number of nitrogens with one attached hydrogen (secondary N) is 3. The molecule has 0 heterocycles. The molecule has 0 radical (unpaired) electrons. The molecule has 0 bridgehead atoms. The zero-order valence-corrected chi connectivity index (χ0v) is 19.1. The average Bonchev–Trinajstić information content (AvgIpc) is 2.71. The Kier molecular flexibility index (Phi) is 13.7. The smallest absolute Gasteiger partial charge is 0.326 e. The SMILES string of the molecule is CSCCC(NC(=O)C(N)CCC(N)=O)C(=O)NC(C(=O)NC(CC(=O)O)C(=O)O)C(C)O. The standard InChI is InChI=1S/C18H31N5O9S/c1-8(24)14(17(30)22-11(18(31)32)7-13(26)27)23-16(29)10(5-6-33-2)21-15(28)9(19)3-4-12(20)25/h8-11,14,24H,3-7,19H2,1-2H3,(H2,20,25)(H,21,28)(H,22,30)(H,23,29)(H,26,27)(H,31,32). The summed E-state index contributed by atoms with van der Waals surface area (Å²) >= 11 is 1.37. The fourth-order valence-electron chi connectivity index (χ4n) is 2.51. The number of aliphatic carboxylic acids is 2. The van der Waals surface area contributed by atoms with E-state index in [1.165, 1.54) is 11.8 Å². The first-order valence-corrected chi connectivity index (χ1v) is 11.3. The molecular weight excluding hydrogens is 462 g/mol. The maximum absolute atomic E-state index is 12.7. The number of rotatable bonds is 16. The predicted molar refractivity (Wildman–Crippen MR) is 117 cm³/mol. The Morgan fingerprint density at radius 2 is 1.48 bits per heavy atom. The van der Waals surface area contributed by atoms with E-state index < -0.39 is 72.3 Å². The summed E-state index contributed by atoms with van der Waals surface area (Å²) in [4.78, 5) is 70.3. The molecule has 0 aliphatic rings. The maximum atomic E-state index is 12.7. The Balaban J connectivity index is 5.37. The molecule has 15 heteroatoms. The van der Waals surface area contributed by atoms with E-state index in [-0.39, 0.29) is 19.3 Å². The zero-order chi connectivity index (χ0) is 25.7. The van der Waals surface area contributed by atoms with Crippen LogP contribution in [-0.2, 0) is 28.8 Å². The highest BCUT2D eigenvalue weighted by atomic mass is 32.2. The van der Waals surface area contributed by atoms with Gasteiger partial charge in [0.2, 0.25) is 23.6 Å². The topological polar surface area (TPSA) is 251 Å². The lowest BCUT2D eigenvalue weighted by atomic mass is 10.1. The van der Waals surface area contributed by atoms with Crippen molar-refractivity contribution in [3.8, 4) is 0 Å². The minimum absolute atomic E-state index is 0.0447. The molecule has 0 fully saturated rings. The Hall–Kier alpha value is -2.91. The molecule has 188 valence electrons. The lowest BCUT2D eigenvalue weighted by Gasteiger charge is -2.26. The van der Waals surface area contributed by atoms with Crippen LogP contribution in [0.1, 0.15) is 32.6 Å². The van der Waals surface area contributed by atoms with Gasteiger partial charge in [-0.3, -0.25) is 24.0 Å². The van der Waals surface area contributed by atoms with E-state index in [1.807, 2.05) is 5.32 Å². The van der Waals surface area contributed by atoms with Gasteiger partial charge in [0, 0.05) is 6.42 Å². The molecule has 14 nitrogen and oxygen atoms in total. The van der Waals surface area contributed by atoms with Crippen molar-refractivity contribution in [1.29, 1.82) is 0 Å². The van der Waals surface area contributed by atoms with Crippen molar-refractivity contribution in [2.24, 2.45) is 11.5 Å². The van der Waals surface area contributed by atoms with Crippen molar-refractivity contribution in [1.82, 2.24) is 16.0 Å². The molecule has 4 amide bonds. The molecule has 0 aromatic carbocycles. The van der Waals surface area contributed by atoms with Crippen molar-refractivity contribution >= 4 is 47.3 Å². The summed E-state index contributed by atoms with van der Waals surface area (Å²) in [6, 6.07) is -5.70. The molecule has 10 N–H and O–H groups in total. The van der Waals surface area contributed by atoms with Crippen LogP contribution >= 0.6 is 11.8 Å². The summed E-state index contributed by atoms with van der Waals surface area (Å²) in [6.07, 6.45) is -0.694. The second-order valence-corrected chi connectivity index (χ2v) is 8.16. The van der Waals surface area contributed by atoms with Crippen molar-refractivity contribution in [2.75, 3.05) is 12.0 Å². The van der Waals surface area contributed by atoms with Gasteiger partial charge in [-0.05, 0) is 31.8 Å². The lowest BCUT2D eigenvalue weighted by molar-refractivity contribution is -0.148. The summed E-state index contributed by atoms with van der Waals surface area (Å²) in [5.74, 6) is -6.03. The van der Waals surface area contributed by atoms with Gasteiger partial charge in [-0.1, -0.05) is 0 Å². The number of aliphatic hydroxyl groups is 1. The number of primary amides is 1. The number of thioether (sulfide) groups is 1. The molecule has 0 rings (SSSR count). The van der Waals surface area contributed by atoms with Crippen molar-refractivity contribution in [2.45, 2.75) is 62.9 Å². The number of nitrogens with two attached hydrogens (primary N) is 2. The van der Waals surface area contributed by atoms with Crippen LogP contribution in [0, 0.1) is 0 Å². The summed E-state index contributed by atoms with van der Waals surface area (Å²) in [7, 11) is 0. The van der Waals surface area contributed by atoms with E-state index in [9.17, 15) is 33.9 Å². The summed E-state index contributed by atoms with van der Waals surface area (Å²) in [6.45, 7) is 1.16. The Morgan fingerprint density at radius 3 is 1.94 bits per heavy atom. The molecule has 5 unspecified atom stereocenters. The summed E-state index contributed by atoms with van der Waals surface area (Å²) in [5, 5.41) is 34.4. The number of hydrogen-bond acceptors (Lipinski definition) is 9. The van der Waals surface area contributed by atoms with Gasteiger partial charge in [-0.25, -0.2) is 4.79 Å². The first-order chi connectivity index (χ1) is 15.3. The van der Waals surface area contributed by atoms with Crippen molar-refractivity contribution < 1.29 is 44.1 Å². The van der Waals surface area contributed by atoms with Crippen LogP contribution in [0.4, 0.5) is 0 Å². The number of hydrogen-bond donors (Lipinski definition) is 8. The van der Waals surface area contributed by atoms with Gasteiger partial charge in [-0.15, -0.1) is 0 Å². The van der Waals surface area contributed by atoms with Gasteiger partial charge in [-0.2, -0.15) is 11.8 Å². The van der Waals surface area contributed by atoms with Crippen LogP contribution in [0.15, 0.2) is 0 Å². The monoisotopic (exact) mass is 493 g/mol. The van der Waals surface area contributed by atoms with Gasteiger partial charge in [0.05, 0.1) is 18.6 Å². The van der Waals surface area contributed by atoms with E-state index in [0.29, 0.717) is 5.75 Å². The van der Waals surface area contributed by atoms with E-state index in [1.54, 1.807) is 6.26 Å². The zero-order valence-electron chi connectivity index (χ0n) is 18.3. The predicted octanol–water partition coefficient (Wildman–Crippen LogP) is -3.27. The number of carboxylic acid groups (broad SMARTS) is 2. The molecule has 5 atom stereocenters. The third-order valence-electron chi connectivity index (χ3n) is 4.34. The maximum Gasteiger partial charge on any atom is 0.326 e. The first-order valence-electron chi connectivity index (χ1n) is 9.86. The molecule has 33 heavy (non-hydrogen) atoms. The van der Waals surface area contributed by atoms with Gasteiger partial charge in [0.25, 0.3) is 0 Å². The number of carbonyl (C=O) groups is 6. The van der Waals surface area contributed by atoms with Crippen LogP contribution < -0.4 is 27.4 Å². The second kappa shape index (κ2) is 15.0. The first kappa shape index (κ1) is 30.1. The van der Waals surface area contributed by atoms with Crippen LogP contribution in [0.5, 0.6) is 0 Å². The van der Waals surface area contributed by atoms with Gasteiger partial charge in [0.15, 0.2) is 0 Å². The van der Waals surface area contributed by atoms with Crippen LogP contribution in [0.2, 0.25) is 0 Å². The van der Waals surface area contributed by atoms with Crippen LogP contribution in [-0.4, -0.2) is 93.2 Å². The van der Waals surface area contributed by atoms with Crippen LogP contribution in [0.25, 0.3) is 0 Å². The molecule has 0 spiro atoms. The molecular formula is C18H31N5O9S. The van der Waals surface area contributed by atoms with Gasteiger partial charge >= 0.3 is 11.9 Å². The van der Waals surface area contributed by atoms with Crippen molar-refractivity contribution in [3.63, 3.8) is 0 Å². The highest BCUT2D eigenvalue weighted by Crippen LogP contribution is 2.05. The lowest BCUT2D eigenvalue weighted by Crippen LogP contribution is -2.60. The van der Waals surface area contributed by atoms with E-state index >= 15 is 0 Å². The van der Waals surface area contributed by atoms with Gasteiger partial charge in [0.1, 0.15) is 18.1 Å². The van der Waals surface area contributed by atoms with E-state index in [0.717, 1.165) is 6.92 Å². The minimum atomic E-state index is -1.79. The molecule has 0 aromatic heterocycles. The Bertz CT molecular complexity index is 734. The Labute approximate surface area is 194 Å². The summed E-state index contributed by atoms with van der Waals surface area (Å²) in [5.41, 5.74) is 10.7. The average molecular weight is 494 g/mol. The quantitative estimate of drug-likeness (QED) is 0.106. The minimum Gasteiger partial charge on any atom is -0.481 e. The van der Waals surface area contributed by atoms with E-state index in [4.69, 9.17) is 21.7 Å². The normalized spacial score (nSPS) is 15.3. The fourth-order valence-corrected chi connectivity index (χ4v) is 2.98. The molecule has 0 saturated carbocycles. The molecule has 0 aliphatic carbocycles. The van der Waals surface area contributed by atoms with Crippen LogP contribution in [0.3, 0.4) is 0 Å². The highest BCUT2D eigenvalue weighted by Gasteiger charge is 2.33. The molecule has 0 aromatic rings. The van der Waals surface area contributed by atoms with E-state index in [2.05, 4.69) is 10.6 Å². The summed E-state index contributed by atoms with van der Waals surface area (Å²) < 4.78 is 0. The number of carbonyl (C=O) groups excluding carboxylic acids is 4. The fraction of sp³-hybridized carbons (Fsp3) is 0.667. The Morgan fingerprint density at radius 1 is 0.909 bits per heavy atom. The largest absolute Gasteiger partial charge is 0.481 e. The number of carboxylic acids is 2. The second-order valence-electron chi connectivity index (χ2n) is 7.18. The van der Waals surface area contributed by atoms with Crippen molar-refractivity contribution in [3.05, 3.63) is 0 Å². The number of aliphatic hydroxyl groups excluding tert-OH is 1.